The first-order valence-corrected chi connectivity index (χ1v) is 7.13. The van der Waals surface area contributed by atoms with Gasteiger partial charge in [0.15, 0.2) is 0 Å². The van der Waals surface area contributed by atoms with Crippen LogP contribution in [-0.4, -0.2) is 20.8 Å². The molecule has 0 unspecified atom stereocenters. The highest BCUT2D eigenvalue weighted by atomic mass is 19.4. The maximum atomic E-state index is 13.0. The van der Waals surface area contributed by atoms with Crippen molar-refractivity contribution in [3.63, 3.8) is 0 Å². The van der Waals surface area contributed by atoms with Crippen LogP contribution < -0.4 is 16.6 Å². The maximum absolute atomic E-state index is 13.0. The van der Waals surface area contributed by atoms with Gasteiger partial charge < -0.3 is 5.11 Å². The van der Waals surface area contributed by atoms with Crippen LogP contribution in [0.5, 0.6) is 0 Å². The average molecular weight is 365 g/mol. The zero-order valence-corrected chi connectivity index (χ0v) is 12.8. The Morgan fingerprint density at radius 2 is 1.85 bits per heavy atom. The molecular weight excluding hydrogens is 355 g/mol. The van der Waals surface area contributed by atoms with Crippen LogP contribution in [0.1, 0.15) is 5.56 Å². The van der Waals surface area contributed by atoms with E-state index in [1.54, 1.807) is 0 Å². The fourth-order valence-electron chi connectivity index (χ4n) is 2.52. The number of benzene rings is 2. The number of amides is 1. The molecule has 0 saturated heterocycles. The molecule has 3 aromatic rings. The van der Waals surface area contributed by atoms with Crippen LogP contribution in [0.15, 0.2) is 52.1 Å². The summed E-state index contributed by atoms with van der Waals surface area (Å²) in [6.07, 6.45) is -6.01. The molecule has 0 bridgehead atoms. The molecule has 1 heterocycles. The fraction of sp³-hybridized carbons (Fsp3) is 0.0625. The first kappa shape index (κ1) is 17.3. The number of rotatable bonds is 2. The molecule has 1 aromatic heterocycles. The predicted molar refractivity (Wildman–Crippen MR) is 86.8 cm³/mol. The minimum Gasteiger partial charge on any atom is -0.465 e. The van der Waals surface area contributed by atoms with Gasteiger partial charge in [-0.15, -0.1) is 0 Å². The van der Waals surface area contributed by atoms with E-state index >= 15 is 0 Å². The Hall–Kier alpha value is -3.56. The molecule has 2 aromatic carbocycles. The number of aromatic nitrogens is 2. The lowest BCUT2D eigenvalue weighted by molar-refractivity contribution is -0.137. The van der Waals surface area contributed by atoms with Gasteiger partial charge in [0.1, 0.15) is 0 Å². The molecule has 26 heavy (non-hydrogen) atoms. The van der Waals surface area contributed by atoms with Gasteiger partial charge in [0.05, 0.1) is 22.2 Å². The number of nitrogens with one attached hydrogen (secondary N) is 2. The summed E-state index contributed by atoms with van der Waals surface area (Å²) in [5, 5.41) is 10.7. The summed E-state index contributed by atoms with van der Waals surface area (Å²) in [6.45, 7) is 0. The molecule has 3 N–H and O–H groups in total. The number of fused-ring (bicyclic) bond motifs is 1. The van der Waals surface area contributed by atoms with Gasteiger partial charge in [-0.2, -0.15) is 13.2 Å². The van der Waals surface area contributed by atoms with E-state index < -0.39 is 29.1 Å². The molecule has 0 aliphatic heterocycles. The lowest BCUT2D eigenvalue weighted by Gasteiger charge is -2.13. The highest BCUT2D eigenvalue weighted by Crippen LogP contribution is 2.31. The van der Waals surface area contributed by atoms with Crippen LogP contribution >= 0.6 is 0 Å². The van der Waals surface area contributed by atoms with E-state index in [1.165, 1.54) is 24.3 Å². The van der Waals surface area contributed by atoms with Gasteiger partial charge in [0.25, 0.3) is 5.56 Å². The molecule has 0 aliphatic carbocycles. The van der Waals surface area contributed by atoms with E-state index in [4.69, 9.17) is 5.11 Å². The lowest BCUT2D eigenvalue weighted by atomic mass is 10.1. The minimum atomic E-state index is -4.66. The van der Waals surface area contributed by atoms with Crippen molar-refractivity contribution in [2.24, 2.45) is 0 Å². The second-order valence-electron chi connectivity index (χ2n) is 5.30. The Labute approximate surface area is 142 Å². The molecule has 1 amide bonds. The van der Waals surface area contributed by atoms with Crippen molar-refractivity contribution in [2.75, 3.05) is 5.32 Å². The summed E-state index contributed by atoms with van der Waals surface area (Å²) >= 11 is 0. The minimum absolute atomic E-state index is 0.0850. The second kappa shape index (κ2) is 6.06. The number of hydrogen-bond acceptors (Lipinski definition) is 3. The highest BCUT2D eigenvalue weighted by molar-refractivity contribution is 5.84. The zero-order chi connectivity index (χ0) is 19.1. The molecule has 0 aliphatic rings. The third kappa shape index (κ3) is 3.16. The van der Waals surface area contributed by atoms with Gasteiger partial charge in [-0.25, -0.2) is 9.59 Å². The number of anilines is 1. The van der Waals surface area contributed by atoms with Gasteiger partial charge in [0, 0.05) is 5.69 Å². The smallest absolute Gasteiger partial charge is 0.416 e. The summed E-state index contributed by atoms with van der Waals surface area (Å²) in [4.78, 5) is 36.9. The van der Waals surface area contributed by atoms with Gasteiger partial charge in [-0.3, -0.25) is 19.7 Å². The van der Waals surface area contributed by atoms with Crippen molar-refractivity contribution in [1.82, 2.24) is 9.55 Å². The topological polar surface area (TPSA) is 104 Å². The summed E-state index contributed by atoms with van der Waals surface area (Å²) < 4.78 is 39.9. The first-order chi connectivity index (χ1) is 12.2. The average Bonchev–Trinajstić information content (AvgIpc) is 2.53. The third-order valence-corrected chi connectivity index (χ3v) is 3.59. The van der Waals surface area contributed by atoms with E-state index in [0.717, 1.165) is 16.7 Å². The van der Waals surface area contributed by atoms with Gasteiger partial charge in [-0.1, -0.05) is 6.07 Å². The van der Waals surface area contributed by atoms with Crippen molar-refractivity contribution in [3.05, 3.63) is 68.9 Å². The van der Waals surface area contributed by atoms with Crippen LogP contribution in [0.3, 0.4) is 0 Å². The molecule has 0 radical (unpaired) electrons. The van der Waals surface area contributed by atoms with Crippen molar-refractivity contribution in [3.8, 4) is 5.69 Å². The SMILES string of the molecule is O=C(O)Nc1cccc(-n2c(=O)[nH]c(=O)c3ccc(C(F)(F)F)cc32)c1. The van der Waals surface area contributed by atoms with Crippen LogP contribution in [-0.2, 0) is 6.18 Å². The Morgan fingerprint density at radius 3 is 2.50 bits per heavy atom. The number of carbonyl (C=O) groups is 1. The molecule has 134 valence electrons. The van der Waals surface area contributed by atoms with Crippen molar-refractivity contribution in [2.45, 2.75) is 6.18 Å². The van der Waals surface area contributed by atoms with E-state index in [0.29, 0.717) is 6.07 Å². The van der Waals surface area contributed by atoms with Gasteiger partial charge in [-0.05, 0) is 36.4 Å². The van der Waals surface area contributed by atoms with Crippen molar-refractivity contribution >= 4 is 22.7 Å². The van der Waals surface area contributed by atoms with Crippen molar-refractivity contribution in [1.29, 1.82) is 0 Å². The molecule has 0 fully saturated rings. The molecule has 10 heteroatoms. The van der Waals surface area contributed by atoms with Gasteiger partial charge in [0.2, 0.25) is 0 Å². The number of hydrogen-bond donors (Lipinski definition) is 3. The standard InChI is InChI=1S/C16H10F3N3O4/c17-16(18,19)8-4-5-11-12(6-8)22(14(24)21-13(11)23)10-3-1-2-9(7-10)20-15(25)26/h1-7,20H,(H,25,26)(H,21,23,24). The number of aromatic amines is 1. The van der Waals surface area contributed by atoms with Crippen molar-refractivity contribution < 1.29 is 23.1 Å². The normalized spacial score (nSPS) is 11.5. The first-order valence-electron chi connectivity index (χ1n) is 7.13. The Bertz CT molecular complexity index is 1130. The molecular formula is C16H10F3N3O4. The fourth-order valence-corrected chi connectivity index (χ4v) is 2.52. The number of nitrogens with zero attached hydrogens (tertiary/aromatic N) is 1. The summed E-state index contributed by atoms with van der Waals surface area (Å²) in [5.41, 5.74) is -2.86. The number of alkyl halides is 3. The molecule has 3 rings (SSSR count). The molecule has 0 spiro atoms. The molecule has 0 saturated carbocycles. The van der Waals surface area contributed by atoms with Crippen LogP contribution in [0.2, 0.25) is 0 Å². The summed E-state index contributed by atoms with van der Waals surface area (Å²) in [6, 6.07) is 7.89. The quantitative estimate of drug-likeness (QED) is 0.649. The second-order valence-corrected chi connectivity index (χ2v) is 5.30. The summed E-state index contributed by atoms with van der Waals surface area (Å²) in [7, 11) is 0. The Morgan fingerprint density at radius 1 is 1.12 bits per heavy atom. The zero-order valence-electron chi connectivity index (χ0n) is 12.8. The Balaban J connectivity index is 2.33. The number of carboxylic acid groups (broad SMARTS) is 1. The molecule has 7 nitrogen and oxygen atoms in total. The van der Waals surface area contributed by atoms with E-state index in [2.05, 4.69) is 5.32 Å². The van der Waals surface area contributed by atoms with Crippen LogP contribution in [0.25, 0.3) is 16.6 Å². The predicted octanol–water partition coefficient (Wildman–Crippen LogP) is 2.79. The monoisotopic (exact) mass is 365 g/mol. The van der Waals surface area contributed by atoms with Crippen LogP contribution in [0.4, 0.5) is 23.7 Å². The van der Waals surface area contributed by atoms with E-state index in [-0.39, 0.29) is 22.3 Å². The Kier molecular flexibility index (Phi) is 4.03. The van der Waals surface area contributed by atoms with E-state index in [9.17, 15) is 27.6 Å². The third-order valence-electron chi connectivity index (χ3n) is 3.59. The lowest BCUT2D eigenvalue weighted by Crippen LogP contribution is -2.29. The largest absolute Gasteiger partial charge is 0.465 e. The number of halogens is 3. The van der Waals surface area contributed by atoms with E-state index in [1.807, 2.05) is 4.98 Å². The number of H-pyrrole nitrogens is 1. The maximum Gasteiger partial charge on any atom is 0.416 e. The highest BCUT2D eigenvalue weighted by Gasteiger charge is 2.31. The van der Waals surface area contributed by atoms with Crippen LogP contribution in [0, 0.1) is 0 Å². The van der Waals surface area contributed by atoms with Gasteiger partial charge >= 0.3 is 18.0 Å². The summed E-state index contributed by atoms with van der Waals surface area (Å²) in [5.74, 6) is 0. The molecule has 0 atom stereocenters.